The van der Waals surface area contributed by atoms with Gasteiger partial charge in [0.25, 0.3) is 5.91 Å². The van der Waals surface area contributed by atoms with Crippen LogP contribution in [0.3, 0.4) is 0 Å². The Morgan fingerprint density at radius 2 is 2.05 bits per heavy atom. The fourth-order valence-corrected chi connectivity index (χ4v) is 1.33. The normalized spacial score (nSPS) is 11.7. The zero-order valence-corrected chi connectivity index (χ0v) is 10.9. The molecule has 104 valence electrons. The molecule has 1 aromatic carbocycles. The Balaban J connectivity index is 2.70. The van der Waals surface area contributed by atoms with E-state index in [2.05, 4.69) is 5.32 Å². The van der Waals surface area contributed by atoms with Gasteiger partial charge in [0, 0.05) is 13.7 Å². The van der Waals surface area contributed by atoms with Gasteiger partial charge in [-0.25, -0.2) is 4.79 Å². The Hall–Kier alpha value is -2.08. The second-order valence-electron chi connectivity index (χ2n) is 3.93. The smallest absolute Gasteiger partial charge is 0.341 e. The third-order valence-electron chi connectivity index (χ3n) is 2.44. The molecule has 1 amide bonds. The molecule has 6 nitrogen and oxygen atoms in total. The van der Waals surface area contributed by atoms with E-state index in [9.17, 15) is 9.59 Å². The summed E-state index contributed by atoms with van der Waals surface area (Å²) in [5.41, 5.74) is 0.298. The van der Waals surface area contributed by atoms with Gasteiger partial charge in [-0.05, 0) is 19.1 Å². The van der Waals surface area contributed by atoms with Gasteiger partial charge in [-0.15, -0.1) is 0 Å². The molecule has 0 aliphatic heterocycles. The lowest BCUT2D eigenvalue weighted by Crippen LogP contribution is -2.31. The molecule has 0 aromatic heterocycles. The van der Waals surface area contributed by atoms with E-state index in [1.165, 1.54) is 0 Å². The minimum absolute atomic E-state index is 0.101. The summed E-state index contributed by atoms with van der Waals surface area (Å²) in [6.07, 6.45) is -0.101. The number of carbonyl (C=O) groups is 2. The molecule has 1 aromatic rings. The summed E-state index contributed by atoms with van der Waals surface area (Å²) in [5.74, 6) is -1.18. The maximum atomic E-state index is 11.9. The summed E-state index contributed by atoms with van der Waals surface area (Å²) in [4.78, 5) is 22.4. The van der Waals surface area contributed by atoms with Crippen molar-refractivity contribution in [2.75, 3.05) is 20.3 Å². The van der Waals surface area contributed by atoms with Crippen LogP contribution in [0.25, 0.3) is 0 Å². The number of methoxy groups -OCH3 is 1. The predicted molar refractivity (Wildman–Crippen MR) is 68.4 cm³/mol. The lowest BCUT2D eigenvalue weighted by Gasteiger charge is -2.13. The average Bonchev–Trinajstić information content (AvgIpc) is 2.42. The first-order valence-corrected chi connectivity index (χ1v) is 5.79. The Labute approximate surface area is 111 Å². The first-order valence-electron chi connectivity index (χ1n) is 5.79. The van der Waals surface area contributed by atoms with Crippen LogP contribution in [0, 0.1) is 0 Å². The molecule has 0 spiro atoms. The van der Waals surface area contributed by atoms with E-state index in [4.69, 9.17) is 14.6 Å². The zero-order valence-electron chi connectivity index (χ0n) is 10.9. The van der Waals surface area contributed by atoms with Crippen LogP contribution < -0.4 is 10.1 Å². The predicted octanol–water partition coefficient (Wildman–Crippen LogP) is 0.915. The third kappa shape index (κ3) is 4.97. The number of aliphatic carboxylic acids is 1. The molecule has 0 fully saturated rings. The van der Waals surface area contributed by atoms with Gasteiger partial charge in [-0.3, -0.25) is 4.79 Å². The average molecular weight is 267 g/mol. The third-order valence-corrected chi connectivity index (χ3v) is 2.44. The highest BCUT2D eigenvalue weighted by atomic mass is 16.5. The van der Waals surface area contributed by atoms with Crippen LogP contribution in [0.1, 0.15) is 17.3 Å². The van der Waals surface area contributed by atoms with Crippen molar-refractivity contribution in [1.29, 1.82) is 0 Å². The van der Waals surface area contributed by atoms with E-state index in [-0.39, 0.29) is 17.8 Å². The molecule has 0 radical (unpaired) electrons. The molecule has 2 N–H and O–H groups in total. The lowest BCUT2D eigenvalue weighted by atomic mass is 10.2. The Kier molecular flexibility index (Phi) is 5.81. The SMILES string of the molecule is CO[C@@H](C)CNC(=O)c1ccccc1OCC(=O)O. The van der Waals surface area contributed by atoms with Gasteiger partial charge in [-0.1, -0.05) is 12.1 Å². The number of ether oxygens (including phenoxy) is 2. The highest BCUT2D eigenvalue weighted by molar-refractivity contribution is 5.97. The summed E-state index contributed by atoms with van der Waals surface area (Å²) in [6, 6.07) is 6.48. The zero-order chi connectivity index (χ0) is 14.3. The van der Waals surface area contributed by atoms with Gasteiger partial charge in [0.2, 0.25) is 0 Å². The quantitative estimate of drug-likeness (QED) is 0.767. The van der Waals surface area contributed by atoms with Crippen LogP contribution in [0.2, 0.25) is 0 Å². The first-order chi connectivity index (χ1) is 9.04. The van der Waals surface area contributed by atoms with E-state index in [1.54, 1.807) is 31.4 Å². The number of carboxylic acids is 1. The largest absolute Gasteiger partial charge is 0.481 e. The molecule has 6 heteroatoms. The van der Waals surface area contributed by atoms with Crippen LogP contribution in [-0.2, 0) is 9.53 Å². The van der Waals surface area contributed by atoms with Crippen LogP contribution in [-0.4, -0.2) is 43.3 Å². The van der Waals surface area contributed by atoms with Crippen LogP contribution in [0.15, 0.2) is 24.3 Å². The number of carboxylic acid groups (broad SMARTS) is 1. The van der Waals surface area contributed by atoms with Crippen LogP contribution >= 0.6 is 0 Å². The lowest BCUT2D eigenvalue weighted by molar-refractivity contribution is -0.139. The summed E-state index contributed by atoms with van der Waals surface area (Å²) in [6.45, 7) is 1.70. The van der Waals surface area contributed by atoms with Crippen molar-refractivity contribution in [3.63, 3.8) is 0 Å². The number of hydrogen-bond acceptors (Lipinski definition) is 4. The molecule has 1 atom stereocenters. The Bertz CT molecular complexity index is 446. The van der Waals surface area contributed by atoms with Gasteiger partial charge in [-0.2, -0.15) is 0 Å². The topological polar surface area (TPSA) is 84.9 Å². The molecule has 0 heterocycles. The van der Waals surface area contributed by atoms with E-state index in [0.717, 1.165) is 0 Å². The number of carbonyl (C=O) groups excluding carboxylic acids is 1. The van der Waals surface area contributed by atoms with Gasteiger partial charge < -0.3 is 19.9 Å². The molecule has 0 aliphatic carbocycles. The summed E-state index contributed by atoms with van der Waals surface area (Å²) in [7, 11) is 1.56. The van der Waals surface area contributed by atoms with Crippen molar-refractivity contribution in [2.45, 2.75) is 13.0 Å². The van der Waals surface area contributed by atoms with Crippen molar-refractivity contribution < 1.29 is 24.2 Å². The molecule has 1 rings (SSSR count). The second-order valence-corrected chi connectivity index (χ2v) is 3.93. The minimum atomic E-state index is -1.09. The maximum Gasteiger partial charge on any atom is 0.341 e. The van der Waals surface area contributed by atoms with Gasteiger partial charge in [0.1, 0.15) is 5.75 Å². The molecule has 0 unspecified atom stereocenters. The summed E-state index contributed by atoms with van der Waals surface area (Å²) in [5, 5.41) is 11.3. The maximum absolute atomic E-state index is 11.9. The molecule has 0 saturated carbocycles. The van der Waals surface area contributed by atoms with Crippen molar-refractivity contribution in [3.8, 4) is 5.75 Å². The molecular formula is C13H17NO5. The van der Waals surface area contributed by atoms with E-state index >= 15 is 0 Å². The standard InChI is InChI=1S/C13H17NO5/c1-9(18-2)7-14-13(17)10-5-3-4-6-11(10)19-8-12(15)16/h3-6,9H,7-8H2,1-2H3,(H,14,17)(H,15,16)/t9-/m0/s1. The number of benzene rings is 1. The number of para-hydroxylation sites is 1. The molecule has 0 aliphatic rings. The molecule has 0 bridgehead atoms. The monoisotopic (exact) mass is 267 g/mol. The fourth-order valence-electron chi connectivity index (χ4n) is 1.33. The van der Waals surface area contributed by atoms with E-state index < -0.39 is 12.6 Å². The molecule has 0 saturated heterocycles. The Morgan fingerprint density at radius 3 is 2.68 bits per heavy atom. The van der Waals surface area contributed by atoms with Crippen molar-refractivity contribution >= 4 is 11.9 Å². The van der Waals surface area contributed by atoms with E-state index in [0.29, 0.717) is 12.1 Å². The number of rotatable bonds is 7. The number of nitrogens with one attached hydrogen (secondary N) is 1. The van der Waals surface area contributed by atoms with Crippen molar-refractivity contribution in [3.05, 3.63) is 29.8 Å². The fraction of sp³-hybridized carbons (Fsp3) is 0.385. The van der Waals surface area contributed by atoms with Crippen molar-refractivity contribution in [1.82, 2.24) is 5.32 Å². The highest BCUT2D eigenvalue weighted by Gasteiger charge is 2.13. The summed E-state index contributed by atoms with van der Waals surface area (Å²) >= 11 is 0. The summed E-state index contributed by atoms with van der Waals surface area (Å²) < 4.78 is 10.1. The highest BCUT2D eigenvalue weighted by Crippen LogP contribution is 2.17. The number of hydrogen-bond donors (Lipinski definition) is 2. The molecular weight excluding hydrogens is 250 g/mol. The Morgan fingerprint density at radius 1 is 1.37 bits per heavy atom. The first kappa shape index (κ1) is 15.0. The van der Waals surface area contributed by atoms with Gasteiger partial charge >= 0.3 is 5.97 Å². The minimum Gasteiger partial charge on any atom is -0.481 e. The van der Waals surface area contributed by atoms with Gasteiger partial charge in [0.05, 0.1) is 11.7 Å². The van der Waals surface area contributed by atoms with E-state index in [1.807, 2.05) is 6.92 Å². The van der Waals surface area contributed by atoms with Crippen molar-refractivity contribution in [2.24, 2.45) is 0 Å². The second kappa shape index (κ2) is 7.38. The van der Waals surface area contributed by atoms with Gasteiger partial charge in [0.15, 0.2) is 6.61 Å². The molecule has 19 heavy (non-hydrogen) atoms. The van der Waals surface area contributed by atoms with Crippen LogP contribution in [0.5, 0.6) is 5.75 Å². The van der Waals surface area contributed by atoms with Crippen LogP contribution in [0.4, 0.5) is 0 Å². The number of amides is 1.